The van der Waals surface area contributed by atoms with Crippen LogP contribution in [-0.2, 0) is 0 Å². The van der Waals surface area contributed by atoms with Crippen LogP contribution in [0.1, 0.15) is 5.69 Å². The van der Waals surface area contributed by atoms with Crippen molar-refractivity contribution in [2.24, 2.45) is 0 Å². The van der Waals surface area contributed by atoms with E-state index in [4.69, 9.17) is 11.6 Å². The summed E-state index contributed by atoms with van der Waals surface area (Å²) in [6.07, 6.45) is 0. The van der Waals surface area contributed by atoms with Crippen molar-refractivity contribution in [3.05, 3.63) is 39.5 Å². The van der Waals surface area contributed by atoms with Gasteiger partial charge in [0, 0.05) is 15.6 Å². The van der Waals surface area contributed by atoms with E-state index in [0.29, 0.717) is 0 Å². The lowest BCUT2D eigenvalue weighted by Crippen LogP contribution is -1.85. The van der Waals surface area contributed by atoms with E-state index in [0.717, 1.165) is 26.1 Å². The molecule has 1 nitrogen and oxygen atoms in total. The summed E-state index contributed by atoms with van der Waals surface area (Å²) >= 11 is 9.52. The topological polar surface area (TPSA) is 12.9 Å². The zero-order valence-electron chi connectivity index (χ0n) is 7.01. The maximum atomic E-state index is 6.04. The summed E-state index contributed by atoms with van der Waals surface area (Å²) in [6.45, 7) is 1.96. The van der Waals surface area contributed by atoms with Crippen LogP contribution in [0.4, 0.5) is 0 Å². The average Bonchev–Trinajstić information content (AvgIpc) is 2.02. The molecule has 0 saturated carbocycles. The van der Waals surface area contributed by atoms with E-state index in [-0.39, 0.29) is 0 Å². The molecule has 2 aromatic rings. The van der Waals surface area contributed by atoms with E-state index in [1.54, 1.807) is 0 Å². The molecule has 1 heterocycles. The number of benzene rings is 1. The van der Waals surface area contributed by atoms with E-state index in [2.05, 4.69) is 20.9 Å². The fourth-order valence-electron chi connectivity index (χ4n) is 1.32. The Hall–Kier alpha value is -0.600. The highest BCUT2D eigenvalue weighted by Gasteiger charge is 2.04. The maximum absolute atomic E-state index is 6.04. The van der Waals surface area contributed by atoms with Gasteiger partial charge in [-0.25, -0.2) is 0 Å². The Labute approximate surface area is 89.9 Å². The van der Waals surface area contributed by atoms with Crippen molar-refractivity contribution in [1.82, 2.24) is 4.98 Å². The van der Waals surface area contributed by atoms with Gasteiger partial charge in [0.05, 0.1) is 10.5 Å². The largest absolute Gasteiger partial charge is 0.253 e. The third-order valence-corrected chi connectivity index (χ3v) is 2.80. The lowest BCUT2D eigenvalue weighted by molar-refractivity contribution is 1.25. The molecule has 0 fully saturated rings. The summed E-state index contributed by atoms with van der Waals surface area (Å²) in [6, 6.07) is 7.70. The van der Waals surface area contributed by atoms with Crippen LogP contribution >= 0.6 is 27.5 Å². The monoisotopic (exact) mass is 255 g/mol. The number of hydrogen-bond donors (Lipinski definition) is 0. The van der Waals surface area contributed by atoms with Gasteiger partial charge < -0.3 is 0 Å². The van der Waals surface area contributed by atoms with E-state index < -0.39 is 0 Å². The quantitative estimate of drug-likeness (QED) is 0.695. The number of nitrogens with zero attached hydrogens (tertiary/aromatic N) is 1. The second-order valence-electron chi connectivity index (χ2n) is 2.88. The highest BCUT2D eigenvalue weighted by Crippen LogP contribution is 2.29. The van der Waals surface area contributed by atoms with Gasteiger partial charge in [-0.2, -0.15) is 0 Å². The van der Waals surface area contributed by atoms with Gasteiger partial charge in [0.15, 0.2) is 0 Å². The van der Waals surface area contributed by atoms with Gasteiger partial charge in [0.1, 0.15) is 0 Å². The first-order chi connectivity index (χ1) is 6.18. The molecule has 0 aliphatic carbocycles. The minimum absolute atomic E-state index is 0.733. The lowest BCUT2D eigenvalue weighted by Gasteiger charge is -2.03. The van der Waals surface area contributed by atoms with E-state index >= 15 is 0 Å². The molecule has 0 N–H and O–H groups in total. The van der Waals surface area contributed by atoms with Gasteiger partial charge in [-0.1, -0.05) is 17.7 Å². The molecule has 0 unspecified atom stereocenters. The van der Waals surface area contributed by atoms with Crippen molar-refractivity contribution in [2.75, 3.05) is 0 Å². The minimum atomic E-state index is 0.733. The number of fused-ring (bicyclic) bond motifs is 1. The van der Waals surface area contributed by atoms with Crippen molar-refractivity contribution >= 4 is 38.4 Å². The Bertz CT molecular complexity index is 468. The number of hydrogen-bond acceptors (Lipinski definition) is 1. The Morgan fingerprint density at radius 3 is 2.92 bits per heavy atom. The lowest BCUT2D eigenvalue weighted by atomic mass is 10.2. The van der Waals surface area contributed by atoms with Crippen molar-refractivity contribution < 1.29 is 0 Å². The summed E-state index contributed by atoms with van der Waals surface area (Å²) in [5.41, 5.74) is 1.92. The van der Waals surface area contributed by atoms with Crippen molar-refractivity contribution in [1.29, 1.82) is 0 Å². The first-order valence-corrected chi connectivity index (χ1v) is 5.07. The van der Waals surface area contributed by atoms with Gasteiger partial charge in [0.2, 0.25) is 0 Å². The van der Waals surface area contributed by atoms with Gasteiger partial charge in [-0.05, 0) is 41.1 Å². The zero-order chi connectivity index (χ0) is 9.42. The maximum Gasteiger partial charge on any atom is 0.0731 e. The summed E-state index contributed by atoms with van der Waals surface area (Å²) < 4.78 is 1.00. The standard InChI is InChI=1S/C10H7BrClN/c1-6-5-7(11)10-8(12)3-2-4-9(10)13-6/h2-5H,1H3. The Balaban J connectivity index is 2.94. The molecule has 0 spiro atoms. The van der Waals surface area contributed by atoms with E-state index in [1.807, 2.05) is 31.2 Å². The molecule has 0 bridgehead atoms. The molecular formula is C10H7BrClN. The van der Waals surface area contributed by atoms with Crippen LogP contribution in [0, 0.1) is 6.92 Å². The van der Waals surface area contributed by atoms with Gasteiger partial charge in [0.25, 0.3) is 0 Å². The van der Waals surface area contributed by atoms with Crippen molar-refractivity contribution in [2.45, 2.75) is 6.92 Å². The third-order valence-electron chi connectivity index (χ3n) is 1.86. The molecule has 2 rings (SSSR count). The zero-order valence-corrected chi connectivity index (χ0v) is 9.35. The summed E-state index contributed by atoms with van der Waals surface area (Å²) in [4.78, 5) is 4.38. The Kier molecular flexibility index (Phi) is 2.26. The molecule has 0 aliphatic rings. The van der Waals surface area contributed by atoms with Crippen molar-refractivity contribution in [3.63, 3.8) is 0 Å². The first-order valence-electron chi connectivity index (χ1n) is 3.90. The number of pyridine rings is 1. The molecule has 1 aromatic carbocycles. The third kappa shape index (κ3) is 1.56. The molecule has 13 heavy (non-hydrogen) atoms. The highest BCUT2D eigenvalue weighted by atomic mass is 79.9. The van der Waals surface area contributed by atoms with Gasteiger partial charge in [-0.15, -0.1) is 0 Å². The van der Waals surface area contributed by atoms with Gasteiger partial charge in [-0.3, -0.25) is 4.98 Å². The molecule has 1 aromatic heterocycles. The normalized spacial score (nSPS) is 10.7. The minimum Gasteiger partial charge on any atom is -0.253 e. The number of rotatable bonds is 0. The fraction of sp³-hybridized carbons (Fsp3) is 0.100. The van der Waals surface area contributed by atoms with Crippen LogP contribution in [0.3, 0.4) is 0 Å². The van der Waals surface area contributed by atoms with E-state index in [9.17, 15) is 0 Å². The smallest absolute Gasteiger partial charge is 0.0731 e. The fourth-order valence-corrected chi connectivity index (χ4v) is 2.45. The molecule has 0 atom stereocenters. The molecular weight excluding hydrogens is 249 g/mol. The van der Waals surface area contributed by atoms with Crippen LogP contribution in [0.2, 0.25) is 5.02 Å². The van der Waals surface area contributed by atoms with Crippen LogP contribution in [0.5, 0.6) is 0 Å². The SMILES string of the molecule is Cc1cc(Br)c2c(Cl)cccc2n1. The average molecular weight is 257 g/mol. The number of aromatic nitrogens is 1. The highest BCUT2D eigenvalue weighted by molar-refractivity contribution is 9.10. The molecule has 0 amide bonds. The summed E-state index contributed by atoms with van der Waals surface area (Å²) in [7, 11) is 0. The van der Waals surface area contributed by atoms with Crippen molar-refractivity contribution in [3.8, 4) is 0 Å². The Morgan fingerprint density at radius 2 is 2.15 bits per heavy atom. The molecule has 0 saturated heterocycles. The van der Waals surface area contributed by atoms with Crippen LogP contribution in [0.15, 0.2) is 28.7 Å². The number of halogens is 2. The van der Waals surface area contributed by atoms with Crippen LogP contribution in [-0.4, -0.2) is 4.98 Å². The second-order valence-corrected chi connectivity index (χ2v) is 4.14. The second kappa shape index (κ2) is 3.28. The predicted octanol–water partition coefficient (Wildman–Crippen LogP) is 3.96. The van der Waals surface area contributed by atoms with Crippen LogP contribution in [0.25, 0.3) is 10.9 Å². The molecule has 0 radical (unpaired) electrons. The predicted molar refractivity (Wildman–Crippen MR) is 59.2 cm³/mol. The summed E-state index contributed by atoms with van der Waals surface area (Å²) in [5.74, 6) is 0. The van der Waals surface area contributed by atoms with Gasteiger partial charge >= 0.3 is 0 Å². The molecule has 0 aliphatic heterocycles. The van der Waals surface area contributed by atoms with E-state index in [1.165, 1.54) is 0 Å². The Morgan fingerprint density at radius 1 is 1.38 bits per heavy atom. The molecule has 3 heteroatoms. The number of aryl methyl sites for hydroxylation is 1. The summed E-state index contributed by atoms with van der Waals surface area (Å²) in [5, 5.41) is 1.71. The first kappa shape index (κ1) is 8.97. The van der Waals surface area contributed by atoms with Crippen LogP contribution < -0.4 is 0 Å². The molecule has 66 valence electrons.